The summed E-state index contributed by atoms with van der Waals surface area (Å²) in [6, 6.07) is 0. The molecule has 0 aliphatic heterocycles. The number of esters is 1. The third kappa shape index (κ3) is 3.85. The molecule has 0 N–H and O–H groups in total. The molecular formula is C7H11BrO4. The fraction of sp³-hybridized carbons (Fsp3) is 0.571. The lowest BCUT2D eigenvalue weighted by molar-refractivity contribution is -0.135. The van der Waals surface area contributed by atoms with Crippen molar-refractivity contribution in [3.05, 3.63) is 10.6 Å². The predicted molar refractivity (Wildman–Crippen MR) is 46.8 cm³/mol. The Morgan fingerprint density at radius 3 is 2.17 bits per heavy atom. The Morgan fingerprint density at radius 1 is 1.33 bits per heavy atom. The summed E-state index contributed by atoms with van der Waals surface area (Å²) in [5.41, 5.74) is 0. The molecule has 0 saturated carbocycles. The molecule has 0 heterocycles. The normalized spacial score (nSPS) is 11.9. The number of ether oxygens (including phenoxy) is 3. The highest BCUT2D eigenvalue weighted by molar-refractivity contribution is 9.11. The molecule has 0 bridgehead atoms. The van der Waals surface area contributed by atoms with Crippen LogP contribution < -0.4 is 0 Å². The van der Waals surface area contributed by atoms with Crippen LogP contribution in [0.25, 0.3) is 0 Å². The van der Waals surface area contributed by atoms with Crippen molar-refractivity contribution in [2.45, 2.75) is 6.29 Å². The van der Waals surface area contributed by atoms with Gasteiger partial charge in [-0.15, -0.1) is 0 Å². The number of carbonyl (C=O) groups excluding carboxylic acids is 1. The highest BCUT2D eigenvalue weighted by Crippen LogP contribution is 2.14. The van der Waals surface area contributed by atoms with Crippen molar-refractivity contribution < 1.29 is 19.0 Å². The molecule has 0 aliphatic rings. The summed E-state index contributed by atoms with van der Waals surface area (Å²) < 4.78 is 14.6. The third-order valence-corrected chi connectivity index (χ3v) is 1.71. The molecule has 0 atom stereocenters. The van der Waals surface area contributed by atoms with E-state index in [1.807, 2.05) is 0 Å². The van der Waals surface area contributed by atoms with E-state index < -0.39 is 12.3 Å². The molecule has 0 fully saturated rings. The van der Waals surface area contributed by atoms with Crippen LogP contribution in [0.15, 0.2) is 10.6 Å². The molecule has 0 spiro atoms. The number of hydrogen-bond acceptors (Lipinski definition) is 4. The first kappa shape index (κ1) is 11.6. The second kappa shape index (κ2) is 6.16. The van der Waals surface area contributed by atoms with Gasteiger partial charge in [0.05, 0.1) is 11.6 Å². The largest absolute Gasteiger partial charge is 0.466 e. The van der Waals surface area contributed by atoms with Crippen molar-refractivity contribution >= 4 is 21.9 Å². The van der Waals surface area contributed by atoms with Gasteiger partial charge in [-0.25, -0.2) is 4.79 Å². The van der Waals surface area contributed by atoms with Gasteiger partial charge in [-0.05, 0) is 15.9 Å². The third-order valence-electron chi connectivity index (χ3n) is 1.11. The highest BCUT2D eigenvalue weighted by atomic mass is 79.9. The van der Waals surface area contributed by atoms with Gasteiger partial charge in [-0.3, -0.25) is 0 Å². The molecular weight excluding hydrogens is 228 g/mol. The second-order valence-electron chi connectivity index (χ2n) is 1.86. The van der Waals surface area contributed by atoms with E-state index in [2.05, 4.69) is 20.7 Å². The first-order chi connectivity index (χ1) is 5.65. The zero-order valence-electron chi connectivity index (χ0n) is 7.17. The van der Waals surface area contributed by atoms with E-state index in [0.717, 1.165) is 0 Å². The standard InChI is InChI=1S/C7H11BrO4/c1-10-6(9)4-5(8)7(11-2)12-3/h4,7H,1-3H3/b5-4+. The van der Waals surface area contributed by atoms with Gasteiger partial charge in [0.2, 0.25) is 0 Å². The Morgan fingerprint density at radius 2 is 1.83 bits per heavy atom. The second-order valence-corrected chi connectivity index (χ2v) is 2.77. The van der Waals surface area contributed by atoms with Crippen molar-refractivity contribution in [2.75, 3.05) is 21.3 Å². The maximum Gasteiger partial charge on any atom is 0.331 e. The van der Waals surface area contributed by atoms with Gasteiger partial charge >= 0.3 is 5.97 Å². The Hall–Kier alpha value is -0.390. The summed E-state index contributed by atoms with van der Waals surface area (Å²) in [5, 5.41) is 0. The number of methoxy groups -OCH3 is 3. The molecule has 4 nitrogen and oxygen atoms in total. The van der Waals surface area contributed by atoms with Crippen LogP contribution in [0.4, 0.5) is 0 Å². The Kier molecular flexibility index (Phi) is 5.96. The molecule has 12 heavy (non-hydrogen) atoms. The van der Waals surface area contributed by atoms with Crippen molar-refractivity contribution in [3.63, 3.8) is 0 Å². The lowest BCUT2D eigenvalue weighted by Gasteiger charge is -2.11. The van der Waals surface area contributed by atoms with Gasteiger partial charge in [0.25, 0.3) is 0 Å². The SMILES string of the molecule is COC(=O)/C=C(/Br)C(OC)OC. The average Bonchev–Trinajstić information content (AvgIpc) is 2.06. The Labute approximate surface area is 79.6 Å². The molecule has 0 aromatic carbocycles. The minimum Gasteiger partial charge on any atom is -0.466 e. The van der Waals surface area contributed by atoms with Crippen LogP contribution in [-0.2, 0) is 19.0 Å². The smallest absolute Gasteiger partial charge is 0.331 e. The van der Waals surface area contributed by atoms with Gasteiger partial charge in [-0.1, -0.05) is 0 Å². The summed E-state index contributed by atoms with van der Waals surface area (Å²) in [4.78, 5) is 10.7. The summed E-state index contributed by atoms with van der Waals surface area (Å²) in [5.74, 6) is -0.457. The van der Waals surface area contributed by atoms with E-state index in [9.17, 15) is 4.79 Å². The van der Waals surface area contributed by atoms with Crippen molar-refractivity contribution in [3.8, 4) is 0 Å². The van der Waals surface area contributed by atoms with Crippen LogP contribution >= 0.6 is 15.9 Å². The summed E-state index contributed by atoms with van der Waals surface area (Å²) in [6.07, 6.45) is 0.682. The monoisotopic (exact) mass is 238 g/mol. The zero-order valence-corrected chi connectivity index (χ0v) is 8.75. The van der Waals surface area contributed by atoms with Crippen molar-refractivity contribution in [1.29, 1.82) is 0 Å². The zero-order chi connectivity index (χ0) is 9.56. The quantitative estimate of drug-likeness (QED) is 0.418. The Bertz CT molecular complexity index is 174. The maximum atomic E-state index is 10.7. The van der Waals surface area contributed by atoms with Crippen LogP contribution in [0.1, 0.15) is 0 Å². The topological polar surface area (TPSA) is 44.8 Å². The molecule has 0 aromatic rings. The number of halogens is 1. The molecule has 5 heteroatoms. The van der Waals surface area contributed by atoms with Crippen LogP contribution in [0, 0.1) is 0 Å². The number of rotatable bonds is 4. The molecule has 0 rings (SSSR count). The van der Waals surface area contributed by atoms with Gasteiger partial charge in [0.15, 0.2) is 6.29 Å². The molecule has 0 amide bonds. The van der Waals surface area contributed by atoms with Gasteiger partial charge in [0, 0.05) is 20.3 Å². The molecule has 0 aromatic heterocycles. The van der Waals surface area contributed by atoms with Crippen LogP contribution in [0.3, 0.4) is 0 Å². The summed E-state index contributed by atoms with van der Waals surface area (Å²) in [6.45, 7) is 0. The van der Waals surface area contributed by atoms with Gasteiger partial charge in [0.1, 0.15) is 0 Å². The number of hydrogen-bond donors (Lipinski definition) is 0. The van der Waals surface area contributed by atoms with Crippen LogP contribution in [-0.4, -0.2) is 33.6 Å². The average molecular weight is 239 g/mol. The van der Waals surface area contributed by atoms with E-state index in [4.69, 9.17) is 9.47 Å². The fourth-order valence-corrected chi connectivity index (χ4v) is 1.12. The van der Waals surface area contributed by atoms with E-state index in [1.54, 1.807) is 0 Å². The molecule has 0 radical (unpaired) electrons. The fourth-order valence-electron chi connectivity index (χ4n) is 0.561. The van der Waals surface area contributed by atoms with Crippen molar-refractivity contribution in [1.82, 2.24) is 0 Å². The molecule has 70 valence electrons. The van der Waals surface area contributed by atoms with E-state index >= 15 is 0 Å². The van der Waals surface area contributed by atoms with E-state index in [1.165, 1.54) is 27.4 Å². The predicted octanol–water partition coefficient (Wildman–Crippen LogP) is 1.06. The van der Waals surface area contributed by atoms with Gasteiger partial charge in [-0.2, -0.15) is 0 Å². The van der Waals surface area contributed by atoms with Crippen LogP contribution in [0.2, 0.25) is 0 Å². The molecule has 0 aliphatic carbocycles. The minimum atomic E-state index is -0.566. The molecule has 0 saturated heterocycles. The van der Waals surface area contributed by atoms with Gasteiger partial charge < -0.3 is 14.2 Å². The first-order valence-corrected chi connectivity index (χ1v) is 3.95. The highest BCUT2D eigenvalue weighted by Gasteiger charge is 2.10. The first-order valence-electron chi connectivity index (χ1n) is 3.16. The summed E-state index contributed by atoms with van der Waals surface area (Å²) >= 11 is 3.12. The molecule has 0 unspecified atom stereocenters. The number of carbonyl (C=O) groups is 1. The Balaban J connectivity index is 4.23. The maximum absolute atomic E-state index is 10.7. The lowest BCUT2D eigenvalue weighted by atomic mass is 10.5. The van der Waals surface area contributed by atoms with E-state index in [0.29, 0.717) is 4.48 Å². The summed E-state index contributed by atoms with van der Waals surface area (Å²) in [7, 11) is 4.24. The minimum absolute atomic E-state index is 0.457. The van der Waals surface area contributed by atoms with E-state index in [-0.39, 0.29) is 0 Å². The lowest BCUT2D eigenvalue weighted by Crippen LogP contribution is -2.14. The van der Waals surface area contributed by atoms with Crippen LogP contribution in [0.5, 0.6) is 0 Å². The van der Waals surface area contributed by atoms with Crippen molar-refractivity contribution in [2.24, 2.45) is 0 Å².